The smallest absolute Gasteiger partial charge is 0.231 e. The standard InChI is InChI=1S/C17H19NO3/c1-2-14(18)13-5-3-4-6-15(13)19-10-12-7-8-16-17(9-12)21-11-20-16/h3-9,14H,2,10-11,18H2,1H3/t14-/m0/s1. The summed E-state index contributed by atoms with van der Waals surface area (Å²) in [5, 5.41) is 0. The van der Waals surface area contributed by atoms with Gasteiger partial charge in [0.2, 0.25) is 6.79 Å². The van der Waals surface area contributed by atoms with Crippen LogP contribution in [0.2, 0.25) is 0 Å². The van der Waals surface area contributed by atoms with E-state index in [2.05, 4.69) is 6.92 Å². The summed E-state index contributed by atoms with van der Waals surface area (Å²) in [5.41, 5.74) is 8.20. The first-order valence-corrected chi connectivity index (χ1v) is 7.13. The Bertz CT molecular complexity index is 627. The van der Waals surface area contributed by atoms with E-state index in [1.807, 2.05) is 42.5 Å². The Balaban J connectivity index is 1.73. The van der Waals surface area contributed by atoms with Crippen LogP contribution in [0.4, 0.5) is 0 Å². The Kier molecular flexibility index (Phi) is 3.97. The fourth-order valence-electron chi connectivity index (χ4n) is 2.33. The highest BCUT2D eigenvalue weighted by Gasteiger charge is 2.14. The predicted octanol–water partition coefficient (Wildman–Crippen LogP) is 3.40. The van der Waals surface area contributed by atoms with Crippen LogP contribution in [0.15, 0.2) is 42.5 Å². The van der Waals surface area contributed by atoms with E-state index in [9.17, 15) is 0 Å². The van der Waals surface area contributed by atoms with E-state index >= 15 is 0 Å². The van der Waals surface area contributed by atoms with E-state index in [1.165, 1.54) is 0 Å². The Morgan fingerprint density at radius 2 is 1.95 bits per heavy atom. The van der Waals surface area contributed by atoms with Gasteiger partial charge in [0.1, 0.15) is 12.4 Å². The third-order valence-corrected chi connectivity index (χ3v) is 3.59. The minimum absolute atomic E-state index is 0.00189. The first-order valence-electron chi connectivity index (χ1n) is 7.13. The van der Waals surface area contributed by atoms with Gasteiger partial charge in [-0.15, -0.1) is 0 Å². The van der Waals surface area contributed by atoms with Crippen molar-refractivity contribution in [2.24, 2.45) is 5.73 Å². The fraction of sp³-hybridized carbons (Fsp3) is 0.294. The van der Waals surface area contributed by atoms with Gasteiger partial charge in [-0.05, 0) is 30.2 Å². The highest BCUT2D eigenvalue weighted by atomic mass is 16.7. The summed E-state index contributed by atoms with van der Waals surface area (Å²) in [6, 6.07) is 13.8. The molecule has 1 heterocycles. The van der Waals surface area contributed by atoms with Crippen molar-refractivity contribution in [1.82, 2.24) is 0 Å². The molecular formula is C17H19NO3. The van der Waals surface area contributed by atoms with Gasteiger partial charge in [-0.25, -0.2) is 0 Å². The lowest BCUT2D eigenvalue weighted by molar-refractivity contribution is 0.174. The van der Waals surface area contributed by atoms with Crippen LogP contribution in [0.5, 0.6) is 17.2 Å². The zero-order chi connectivity index (χ0) is 14.7. The van der Waals surface area contributed by atoms with Gasteiger partial charge >= 0.3 is 0 Å². The minimum atomic E-state index is -0.00189. The first-order chi connectivity index (χ1) is 10.3. The molecule has 0 aromatic heterocycles. The van der Waals surface area contributed by atoms with Gasteiger partial charge in [-0.1, -0.05) is 31.2 Å². The Hall–Kier alpha value is -2.20. The van der Waals surface area contributed by atoms with Crippen LogP contribution in [0.3, 0.4) is 0 Å². The second-order valence-electron chi connectivity index (χ2n) is 5.03. The van der Waals surface area contributed by atoms with Gasteiger partial charge < -0.3 is 19.9 Å². The molecule has 0 spiro atoms. The zero-order valence-electron chi connectivity index (χ0n) is 12.0. The van der Waals surface area contributed by atoms with Crippen molar-refractivity contribution in [2.45, 2.75) is 26.0 Å². The molecule has 1 aliphatic heterocycles. The number of ether oxygens (including phenoxy) is 3. The molecule has 0 aliphatic carbocycles. The molecule has 0 unspecified atom stereocenters. The van der Waals surface area contributed by atoms with Crippen molar-refractivity contribution >= 4 is 0 Å². The summed E-state index contributed by atoms with van der Waals surface area (Å²) in [4.78, 5) is 0. The molecule has 1 atom stereocenters. The van der Waals surface area contributed by atoms with Gasteiger partial charge in [0, 0.05) is 11.6 Å². The molecule has 2 aromatic carbocycles. The van der Waals surface area contributed by atoms with Crippen LogP contribution < -0.4 is 19.9 Å². The molecule has 1 aliphatic rings. The molecule has 2 aromatic rings. The number of nitrogens with two attached hydrogens (primary N) is 1. The Labute approximate surface area is 124 Å². The summed E-state index contributed by atoms with van der Waals surface area (Å²) in [6.07, 6.45) is 0.879. The van der Waals surface area contributed by atoms with Crippen molar-refractivity contribution in [1.29, 1.82) is 0 Å². The van der Waals surface area contributed by atoms with Gasteiger partial charge in [0.25, 0.3) is 0 Å². The molecule has 0 saturated carbocycles. The predicted molar refractivity (Wildman–Crippen MR) is 80.6 cm³/mol. The van der Waals surface area contributed by atoms with E-state index < -0.39 is 0 Å². The number of para-hydroxylation sites is 1. The van der Waals surface area contributed by atoms with E-state index in [0.717, 1.165) is 34.8 Å². The van der Waals surface area contributed by atoms with Crippen LogP contribution in [0.1, 0.15) is 30.5 Å². The highest BCUT2D eigenvalue weighted by Crippen LogP contribution is 2.33. The molecule has 2 N–H and O–H groups in total. The molecule has 0 fully saturated rings. The molecule has 4 heteroatoms. The highest BCUT2D eigenvalue weighted by molar-refractivity contribution is 5.44. The topological polar surface area (TPSA) is 53.7 Å². The molecule has 21 heavy (non-hydrogen) atoms. The van der Waals surface area contributed by atoms with Crippen LogP contribution in [0.25, 0.3) is 0 Å². The van der Waals surface area contributed by atoms with Crippen LogP contribution >= 0.6 is 0 Å². The van der Waals surface area contributed by atoms with Crippen molar-refractivity contribution in [3.8, 4) is 17.2 Å². The van der Waals surface area contributed by atoms with E-state index in [0.29, 0.717) is 6.61 Å². The average molecular weight is 285 g/mol. The van der Waals surface area contributed by atoms with Gasteiger partial charge in [0.05, 0.1) is 0 Å². The first kappa shape index (κ1) is 13.8. The zero-order valence-corrected chi connectivity index (χ0v) is 12.0. The maximum absolute atomic E-state index is 6.12. The van der Waals surface area contributed by atoms with Crippen molar-refractivity contribution in [3.63, 3.8) is 0 Å². The second-order valence-corrected chi connectivity index (χ2v) is 5.03. The van der Waals surface area contributed by atoms with Gasteiger partial charge in [-0.2, -0.15) is 0 Å². The largest absolute Gasteiger partial charge is 0.489 e. The molecule has 0 amide bonds. The molecule has 4 nitrogen and oxygen atoms in total. The summed E-state index contributed by atoms with van der Waals surface area (Å²) < 4.78 is 16.6. The Morgan fingerprint density at radius 3 is 2.81 bits per heavy atom. The molecule has 0 radical (unpaired) electrons. The molecule has 3 rings (SSSR count). The van der Waals surface area contributed by atoms with Crippen LogP contribution in [-0.2, 0) is 6.61 Å². The minimum Gasteiger partial charge on any atom is -0.489 e. The van der Waals surface area contributed by atoms with Crippen LogP contribution in [0, 0.1) is 0 Å². The number of benzene rings is 2. The lowest BCUT2D eigenvalue weighted by Gasteiger charge is -2.15. The normalized spacial score (nSPS) is 14.0. The number of fused-ring (bicyclic) bond motifs is 1. The second kappa shape index (κ2) is 6.06. The number of hydrogen-bond donors (Lipinski definition) is 1. The van der Waals surface area contributed by atoms with Crippen molar-refractivity contribution < 1.29 is 14.2 Å². The van der Waals surface area contributed by atoms with Crippen molar-refractivity contribution in [2.75, 3.05) is 6.79 Å². The van der Waals surface area contributed by atoms with Crippen LogP contribution in [-0.4, -0.2) is 6.79 Å². The average Bonchev–Trinajstić information content (AvgIpc) is 3.00. The van der Waals surface area contributed by atoms with Crippen molar-refractivity contribution in [3.05, 3.63) is 53.6 Å². The maximum Gasteiger partial charge on any atom is 0.231 e. The van der Waals surface area contributed by atoms with E-state index in [4.69, 9.17) is 19.9 Å². The molecule has 0 saturated heterocycles. The van der Waals surface area contributed by atoms with E-state index in [1.54, 1.807) is 0 Å². The van der Waals surface area contributed by atoms with Gasteiger partial charge in [-0.3, -0.25) is 0 Å². The summed E-state index contributed by atoms with van der Waals surface area (Å²) >= 11 is 0. The molecular weight excluding hydrogens is 266 g/mol. The summed E-state index contributed by atoms with van der Waals surface area (Å²) in [7, 11) is 0. The maximum atomic E-state index is 6.12. The summed E-state index contributed by atoms with van der Waals surface area (Å²) in [5.74, 6) is 2.39. The van der Waals surface area contributed by atoms with E-state index in [-0.39, 0.29) is 12.8 Å². The van der Waals surface area contributed by atoms with Gasteiger partial charge in [0.15, 0.2) is 11.5 Å². The monoisotopic (exact) mass is 285 g/mol. The lowest BCUT2D eigenvalue weighted by atomic mass is 10.0. The molecule has 110 valence electrons. The SMILES string of the molecule is CC[C@H](N)c1ccccc1OCc1ccc2c(c1)OCO2. The Morgan fingerprint density at radius 1 is 1.14 bits per heavy atom. The fourth-order valence-corrected chi connectivity index (χ4v) is 2.33. The number of hydrogen-bond acceptors (Lipinski definition) is 4. The number of rotatable bonds is 5. The molecule has 0 bridgehead atoms. The third-order valence-electron chi connectivity index (χ3n) is 3.59. The summed E-state index contributed by atoms with van der Waals surface area (Å²) in [6.45, 7) is 2.83. The third kappa shape index (κ3) is 2.95. The lowest BCUT2D eigenvalue weighted by Crippen LogP contribution is -2.10. The quantitative estimate of drug-likeness (QED) is 0.914.